The van der Waals surface area contributed by atoms with Crippen molar-refractivity contribution in [3.05, 3.63) is 35.4 Å². The van der Waals surface area contributed by atoms with Crippen LogP contribution in [0.25, 0.3) is 0 Å². The number of nitrogens with two attached hydrogens (primary N) is 3. The molecule has 0 radical (unpaired) electrons. The summed E-state index contributed by atoms with van der Waals surface area (Å²) in [6.07, 6.45) is 0.601. The van der Waals surface area contributed by atoms with Gasteiger partial charge in [-0.1, -0.05) is 6.07 Å². The Bertz CT molecular complexity index is 659. The quantitative estimate of drug-likeness (QED) is 0.483. The van der Waals surface area contributed by atoms with Gasteiger partial charge < -0.3 is 26.4 Å². The normalized spacial score (nSPS) is 12.4. The van der Waals surface area contributed by atoms with E-state index in [2.05, 4.69) is 10.4 Å². The van der Waals surface area contributed by atoms with Crippen LogP contribution in [0.4, 0.5) is 17.3 Å². The first-order valence-corrected chi connectivity index (χ1v) is 6.07. The zero-order valence-electron chi connectivity index (χ0n) is 10.7. The maximum atomic E-state index is 6.01. The summed E-state index contributed by atoms with van der Waals surface area (Å²) >= 11 is 0. The molecule has 1 aliphatic rings. The minimum Gasteiger partial charge on any atom is -0.454 e. The zero-order valence-corrected chi connectivity index (χ0v) is 10.7. The van der Waals surface area contributed by atoms with E-state index in [1.807, 2.05) is 18.2 Å². The number of aromatic nitrogens is 1. The van der Waals surface area contributed by atoms with Gasteiger partial charge in [0, 0.05) is 0 Å². The van der Waals surface area contributed by atoms with Crippen LogP contribution in [0.2, 0.25) is 0 Å². The number of ether oxygens (including phenoxy) is 2. The summed E-state index contributed by atoms with van der Waals surface area (Å²) in [4.78, 5) is 4.02. The summed E-state index contributed by atoms with van der Waals surface area (Å²) in [5.41, 5.74) is 16.6. The first-order valence-electron chi connectivity index (χ1n) is 6.07. The third-order valence-corrected chi connectivity index (χ3v) is 3.13. The molecule has 0 aliphatic carbocycles. The lowest BCUT2D eigenvalue weighted by Crippen LogP contribution is -2.13. The van der Waals surface area contributed by atoms with E-state index in [1.54, 1.807) is 6.07 Å². The maximum Gasteiger partial charge on any atom is 0.231 e. The summed E-state index contributed by atoms with van der Waals surface area (Å²) in [7, 11) is 0. The van der Waals surface area contributed by atoms with Gasteiger partial charge in [0.2, 0.25) is 6.79 Å². The zero-order chi connectivity index (χ0) is 14.1. The summed E-state index contributed by atoms with van der Waals surface area (Å²) in [5, 5.41) is 0. The van der Waals surface area contributed by atoms with Gasteiger partial charge in [-0.05, 0) is 35.7 Å². The summed E-state index contributed by atoms with van der Waals surface area (Å²) in [5.74, 6) is 7.60. The van der Waals surface area contributed by atoms with E-state index in [1.165, 1.54) is 0 Å². The number of nitrogen functional groups attached to an aromatic ring is 3. The molecule has 0 amide bonds. The molecule has 7 heteroatoms. The smallest absolute Gasteiger partial charge is 0.231 e. The Morgan fingerprint density at radius 3 is 2.75 bits per heavy atom. The van der Waals surface area contributed by atoms with Crippen LogP contribution in [-0.2, 0) is 6.42 Å². The van der Waals surface area contributed by atoms with E-state index in [0.717, 1.165) is 22.6 Å². The Morgan fingerprint density at radius 2 is 1.95 bits per heavy atom. The minimum absolute atomic E-state index is 0.254. The third kappa shape index (κ3) is 2.14. The Morgan fingerprint density at radius 1 is 1.15 bits per heavy atom. The van der Waals surface area contributed by atoms with Crippen molar-refractivity contribution in [1.29, 1.82) is 0 Å². The molecule has 0 saturated carbocycles. The van der Waals surface area contributed by atoms with E-state index < -0.39 is 0 Å². The van der Waals surface area contributed by atoms with E-state index in [4.69, 9.17) is 26.8 Å². The van der Waals surface area contributed by atoms with Crippen LogP contribution in [0.15, 0.2) is 24.3 Å². The minimum atomic E-state index is 0.254. The molecule has 0 unspecified atom stereocenters. The average molecular weight is 273 g/mol. The van der Waals surface area contributed by atoms with Gasteiger partial charge in [0.1, 0.15) is 5.82 Å². The van der Waals surface area contributed by atoms with Crippen molar-refractivity contribution in [3.8, 4) is 11.5 Å². The molecule has 1 aliphatic heterocycles. The number of anilines is 3. The second kappa shape index (κ2) is 4.78. The molecule has 0 fully saturated rings. The fourth-order valence-corrected chi connectivity index (χ4v) is 2.16. The molecule has 7 N–H and O–H groups in total. The van der Waals surface area contributed by atoms with Gasteiger partial charge >= 0.3 is 0 Å². The van der Waals surface area contributed by atoms with Crippen molar-refractivity contribution in [2.45, 2.75) is 6.42 Å². The van der Waals surface area contributed by atoms with Gasteiger partial charge in [0.25, 0.3) is 0 Å². The molecule has 104 valence electrons. The number of nitrogens with zero attached hydrogens (tertiary/aromatic N) is 1. The number of benzene rings is 1. The SMILES string of the molecule is NNc1nc(N)cc(Cc2ccc3c(c2)OCO3)c1N. The van der Waals surface area contributed by atoms with Crippen molar-refractivity contribution >= 4 is 17.3 Å². The van der Waals surface area contributed by atoms with Crippen LogP contribution >= 0.6 is 0 Å². The second-order valence-corrected chi connectivity index (χ2v) is 4.48. The van der Waals surface area contributed by atoms with E-state index >= 15 is 0 Å². The third-order valence-electron chi connectivity index (χ3n) is 3.13. The molecule has 0 saturated heterocycles. The molecule has 1 aromatic carbocycles. The van der Waals surface area contributed by atoms with Gasteiger partial charge in [-0.15, -0.1) is 0 Å². The fourth-order valence-electron chi connectivity index (χ4n) is 2.16. The van der Waals surface area contributed by atoms with Crippen molar-refractivity contribution in [1.82, 2.24) is 4.98 Å². The highest BCUT2D eigenvalue weighted by molar-refractivity contribution is 5.69. The Hall–Kier alpha value is -2.67. The lowest BCUT2D eigenvalue weighted by molar-refractivity contribution is 0.174. The predicted molar refractivity (Wildman–Crippen MR) is 76.2 cm³/mol. The van der Waals surface area contributed by atoms with Crippen molar-refractivity contribution < 1.29 is 9.47 Å². The summed E-state index contributed by atoms with van der Waals surface area (Å²) < 4.78 is 10.6. The molecule has 7 nitrogen and oxygen atoms in total. The predicted octanol–water partition coefficient (Wildman–Crippen LogP) is 0.851. The molecule has 1 aromatic heterocycles. The number of hydrogen-bond donors (Lipinski definition) is 4. The Labute approximate surface area is 115 Å². The number of rotatable bonds is 3. The molecular weight excluding hydrogens is 258 g/mol. The number of hydrazine groups is 1. The highest BCUT2D eigenvalue weighted by atomic mass is 16.7. The van der Waals surface area contributed by atoms with Gasteiger partial charge in [0.05, 0.1) is 5.69 Å². The lowest BCUT2D eigenvalue weighted by atomic mass is 10.0. The monoisotopic (exact) mass is 273 g/mol. The average Bonchev–Trinajstić information content (AvgIpc) is 2.90. The van der Waals surface area contributed by atoms with Crippen molar-refractivity contribution in [2.24, 2.45) is 5.84 Å². The highest BCUT2D eigenvalue weighted by Crippen LogP contribution is 2.34. The van der Waals surface area contributed by atoms with Crippen molar-refractivity contribution in [2.75, 3.05) is 23.7 Å². The van der Waals surface area contributed by atoms with Gasteiger partial charge in [0.15, 0.2) is 17.3 Å². The van der Waals surface area contributed by atoms with Crippen molar-refractivity contribution in [3.63, 3.8) is 0 Å². The maximum absolute atomic E-state index is 6.01. The van der Waals surface area contributed by atoms with Crippen LogP contribution in [-0.4, -0.2) is 11.8 Å². The second-order valence-electron chi connectivity index (χ2n) is 4.48. The molecule has 0 spiro atoms. The summed E-state index contributed by atoms with van der Waals surface area (Å²) in [6.45, 7) is 0.254. The number of pyridine rings is 1. The molecule has 0 atom stereocenters. The number of fused-ring (bicyclic) bond motifs is 1. The van der Waals surface area contributed by atoms with Crippen LogP contribution in [0.5, 0.6) is 11.5 Å². The first-order chi connectivity index (χ1) is 9.67. The molecule has 20 heavy (non-hydrogen) atoms. The van der Waals surface area contributed by atoms with E-state index in [-0.39, 0.29) is 6.79 Å². The number of hydrogen-bond acceptors (Lipinski definition) is 7. The number of nitrogens with one attached hydrogen (secondary N) is 1. The van der Waals surface area contributed by atoms with E-state index in [9.17, 15) is 0 Å². The van der Waals surface area contributed by atoms with Gasteiger partial charge in [-0.2, -0.15) is 0 Å². The Balaban J connectivity index is 1.93. The largest absolute Gasteiger partial charge is 0.454 e. The van der Waals surface area contributed by atoms with Crippen LogP contribution in [0.3, 0.4) is 0 Å². The van der Waals surface area contributed by atoms with Crippen LogP contribution < -0.4 is 32.2 Å². The fraction of sp³-hybridized carbons (Fsp3) is 0.154. The summed E-state index contributed by atoms with van der Waals surface area (Å²) in [6, 6.07) is 7.49. The van der Waals surface area contributed by atoms with Gasteiger partial charge in [-0.3, -0.25) is 0 Å². The topological polar surface area (TPSA) is 121 Å². The molecule has 0 bridgehead atoms. The first kappa shape index (κ1) is 12.4. The lowest BCUT2D eigenvalue weighted by Gasteiger charge is -2.11. The molecular formula is C13H15N5O2. The highest BCUT2D eigenvalue weighted by Gasteiger charge is 2.14. The molecule has 2 aromatic rings. The van der Waals surface area contributed by atoms with E-state index in [0.29, 0.717) is 23.7 Å². The van der Waals surface area contributed by atoms with Crippen LogP contribution in [0, 0.1) is 0 Å². The standard InChI is InChI=1S/C13H15N5O2/c14-11-5-8(12(15)13(17-11)18-16)3-7-1-2-9-10(4-7)20-6-19-9/h1-2,4-5H,3,6,15-16H2,(H3,14,17,18). The van der Waals surface area contributed by atoms with Crippen LogP contribution in [0.1, 0.15) is 11.1 Å². The Kier molecular flexibility index (Phi) is 2.96. The molecule has 2 heterocycles. The van der Waals surface area contributed by atoms with Gasteiger partial charge in [-0.25, -0.2) is 10.8 Å². The molecule has 3 rings (SSSR count).